The van der Waals surface area contributed by atoms with E-state index in [4.69, 9.17) is 9.47 Å². The lowest BCUT2D eigenvalue weighted by atomic mass is 9.87. The zero-order valence-electron chi connectivity index (χ0n) is 13.4. The van der Waals surface area contributed by atoms with Gasteiger partial charge in [-0.25, -0.2) is 8.42 Å². The number of rotatable bonds is 5. The van der Waals surface area contributed by atoms with Crippen LogP contribution in [0.25, 0.3) is 0 Å². The molecule has 1 saturated carbocycles. The Hall–Kier alpha value is -1.87. The minimum atomic E-state index is -2.86. The van der Waals surface area contributed by atoms with Gasteiger partial charge in [-0.15, -0.1) is 0 Å². The van der Waals surface area contributed by atoms with Gasteiger partial charge >= 0.3 is 0 Å². The number of nitrogens with zero attached hydrogens (tertiary/aromatic N) is 2. The maximum absolute atomic E-state index is 11.5. The molecule has 0 N–H and O–H groups in total. The molecule has 3 rings (SSSR count). The second-order valence-electron chi connectivity index (χ2n) is 6.15. The Bertz CT molecular complexity index is 715. The number of hydrogen-bond acceptors (Lipinski definition) is 7. The van der Waals surface area contributed by atoms with Crippen LogP contribution >= 0.6 is 0 Å². The fraction of sp³-hybridized carbons (Fsp3) is 0.600. The average Bonchev–Trinajstić information content (AvgIpc) is 2.51. The standard InChI is InChI=1S/C15H20N2O6S/c1-22-15-10-11(17(18)19)2-3-14(15)23-13-8-12(9-13)16-4-6-24(20,21)7-5-16/h2-3,10,12-13H,4-9H2,1H3. The highest BCUT2D eigenvalue weighted by Crippen LogP contribution is 2.36. The molecule has 0 unspecified atom stereocenters. The Morgan fingerprint density at radius 1 is 1.21 bits per heavy atom. The minimum absolute atomic E-state index is 0.0175. The molecule has 0 atom stereocenters. The van der Waals surface area contributed by atoms with Gasteiger partial charge in [-0.1, -0.05) is 0 Å². The van der Waals surface area contributed by atoms with Gasteiger partial charge in [0.15, 0.2) is 21.3 Å². The van der Waals surface area contributed by atoms with Crippen LogP contribution in [-0.2, 0) is 9.84 Å². The van der Waals surface area contributed by atoms with E-state index in [2.05, 4.69) is 4.90 Å². The van der Waals surface area contributed by atoms with Crippen LogP contribution in [0.1, 0.15) is 12.8 Å². The van der Waals surface area contributed by atoms with Crippen molar-refractivity contribution in [2.45, 2.75) is 25.0 Å². The van der Waals surface area contributed by atoms with Gasteiger partial charge in [0.25, 0.3) is 5.69 Å². The largest absolute Gasteiger partial charge is 0.493 e. The van der Waals surface area contributed by atoms with Crippen LogP contribution < -0.4 is 9.47 Å². The van der Waals surface area contributed by atoms with Gasteiger partial charge in [0.05, 0.1) is 29.6 Å². The molecular formula is C15H20N2O6S. The lowest BCUT2D eigenvalue weighted by Gasteiger charge is -2.44. The fourth-order valence-electron chi connectivity index (χ4n) is 3.07. The van der Waals surface area contributed by atoms with Crippen LogP contribution in [0, 0.1) is 10.1 Å². The molecule has 0 bridgehead atoms. The maximum atomic E-state index is 11.5. The summed E-state index contributed by atoms with van der Waals surface area (Å²) in [5.74, 6) is 1.29. The topological polar surface area (TPSA) is 99.0 Å². The Balaban J connectivity index is 1.55. The second-order valence-corrected chi connectivity index (χ2v) is 8.45. The number of nitro groups is 1. The molecule has 24 heavy (non-hydrogen) atoms. The summed E-state index contributed by atoms with van der Waals surface area (Å²) in [5, 5.41) is 10.8. The number of ether oxygens (including phenoxy) is 2. The SMILES string of the molecule is COc1cc([N+](=O)[O-])ccc1OC1CC(N2CCS(=O)(=O)CC2)C1. The zero-order valence-corrected chi connectivity index (χ0v) is 14.2. The number of hydrogen-bond donors (Lipinski definition) is 0. The Morgan fingerprint density at radius 3 is 2.46 bits per heavy atom. The average molecular weight is 356 g/mol. The van der Waals surface area contributed by atoms with Crippen molar-refractivity contribution in [1.29, 1.82) is 0 Å². The number of benzene rings is 1. The molecule has 2 aliphatic rings. The van der Waals surface area contributed by atoms with E-state index in [1.807, 2.05) is 0 Å². The molecule has 1 aliphatic carbocycles. The second kappa shape index (κ2) is 6.56. The van der Waals surface area contributed by atoms with Crippen molar-refractivity contribution in [2.24, 2.45) is 0 Å². The van der Waals surface area contributed by atoms with E-state index in [9.17, 15) is 18.5 Å². The van der Waals surface area contributed by atoms with Gasteiger partial charge in [0.1, 0.15) is 6.10 Å². The zero-order chi connectivity index (χ0) is 17.3. The van der Waals surface area contributed by atoms with Gasteiger partial charge in [-0.05, 0) is 6.07 Å². The van der Waals surface area contributed by atoms with E-state index in [-0.39, 0.29) is 23.3 Å². The third-order valence-corrected chi connectivity index (χ3v) is 6.23. The van der Waals surface area contributed by atoms with Crippen molar-refractivity contribution in [3.05, 3.63) is 28.3 Å². The summed E-state index contributed by atoms with van der Waals surface area (Å²) in [6.45, 7) is 1.17. The first-order chi connectivity index (χ1) is 11.4. The summed E-state index contributed by atoms with van der Waals surface area (Å²) in [6.07, 6.45) is 1.66. The van der Waals surface area contributed by atoms with Gasteiger partial charge in [0, 0.05) is 38.0 Å². The molecule has 0 spiro atoms. The summed E-state index contributed by atoms with van der Waals surface area (Å²) in [7, 11) is -1.41. The summed E-state index contributed by atoms with van der Waals surface area (Å²) >= 11 is 0. The predicted molar refractivity (Wildman–Crippen MR) is 87.3 cm³/mol. The van der Waals surface area contributed by atoms with Crippen molar-refractivity contribution >= 4 is 15.5 Å². The Labute approximate surface area is 140 Å². The van der Waals surface area contributed by atoms with E-state index in [1.165, 1.54) is 19.2 Å². The molecule has 2 fully saturated rings. The van der Waals surface area contributed by atoms with Crippen LogP contribution in [0.3, 0.4) is 0 Å². The summed E-state index contributed by atoms with van der Waals surface area (Å²) in [5.41, 5.74) is -0.0415. The molecule has 0 aromatic heterocycles. The fourth-order valence-corrected chi connectivity index (χ4v) is 4.30. The molecule has 1 aromatic carbocycles. The van der Waals surface area contributed by atoms with E-state index in [0.717, 1.165) is 12.8 Å². The lowest BCUT2D eigenvalue weighted by Crippen LogP contribution is -2.54. The highest BCUT2D eigenvalue weighted by atomic mass is 32.2. The first-order valence-electron chi connectivity index (χ1n) is 7.81. The highest BCUT2D eigenvalue weighted by molar-refractivity contribution is 7.91. The number of non-ortho nitro benzene ring substituents is 1. The normalized spacial score (nSPS) is 26.4. The molecule has 1 saturated heterocycles. The predicted octanol–water partition coefficient (Wildman–Crippen LogP) is 1.24. The van der Waals surface area contributed by atoms with Crippen LogP contribution in [-0.4, -0.2) is 62.1 Å². The smallest absolute Gasteiger partial charge is 0.273 e. The summed E-state index contributed by atoms with van der Waals surface area (Å²) in [4.78, 5) is 12.5. The van der Waals surface area contributed by atoms with Crippen LogP contribution in [0.2, 0.25) is 0 Å². The monoisotopic (exact) mass is 356 g/mol. The van der Waals surface area contributed by atoms with Gasteiger partial charge < -0.3 is 9.47 Å². The quantitative estimate of drug-likeness (QED) is 0.578. The van der Waals surface area contributed by atoms with Gasteiger partial charge in [-0.2, -0.15) is 0 Å². The molecule has 8 nitrogen and oxygen atoms in total. The van der Waals surface area contributed by atoms with E-state index in [1.54, 1.807) is 6.07 Å². The van der Waals surface area contributed by atoms with E-state index >= 15 is 0 Å². The van der Waals surface area contributed by atoms with Crippen LogP contribution in [0.4, 0.5) is 5.69 Å². The Morgan fingerprint density at radius 2 is 1.88 bits per heavy atom. The van der Waals surface area contributed by atoms with Crippen molar-refractivity contribution in [3.8, 4) is 11.5 Å². The molecule has 1 heterocycles. The third-order valence-electron chi connectivity index (χ3n) is 4.62. The molecule has 1 aliphatic heterocycles. The van der Waals surface area contributed by atoms with Crippen molar-refractivity contribution in [2.75, 3.05) is 31.7 Å². The van der Waals surface area contributed by atoms with Crippen molar-refractivity contribution in [3.63, 3.8) is 0 Å². The number of sulfone groups is 1. The van der Waals surface area contributed by atoms with Crippen LogP contribution in [0.15, 0.2) is 18.2 Å². The molecule has 0 amide bonds. The minimum Gasteiger partial charge on any atom is -0.493 e. The number of nitro benzene ring substituents is 1. The number of methoxy groups -OCH3 is 1. The first-order valence-corrected chi connectivity index (χ1v) is 9.63. The maximum Gasteiger partial charge on any atom is 0.273 e. The van der Waals surface area contributed by atoms with E-state index < -0.39 is 14.8 Å². The molecule has 9 heteroatoms. The molecule has 0 radical (unpaired) electrons. The summed E-state index contributed by atoms with van der Waals surface area (Å²) < 4.78 is 34.0. The highest BCUT2D eigenvalue weighted by Gasteiger charge is 2.37. The van der Waals surface area contributed by atoms with E-state index in [0.29, 0.717) is 30.6 Å². The molecular weight excluding hydrogens is 336 g/mol. The van der Waals surface area contributed by atoms with Crippen LogP contribution in [0.5, 0.6) is 11.5 Å². The third kappa shape index (κ3) is 3.62. The van der Waals surface area contributed by atoms with Gasteiger partial charge in [0.2, 0.25) is 0 Å². The van der Waals surface area contributed by atoms with Crippen molar-refractivity contribution < 1.29 is 22.8 Å². The Kier molecular flexibility index (Phi) is 4.64. The van der Waals surface area contributed by atoms with Gasteiger partial charge in [-0.3, -0.25) is 15.0 Å². The lowest BCUT2D eigenvalue weighted by molar-refractivity contribution is -0.385. The summed E-state index contributed by atoms with van der Waals surface area (Å²) in [6, 6.07) is 4.64. The molecule has 1 aromatic rings. The first kappa shape index (κ1) is 17.0. The van der Waals surface area contributed by atoms with Crippen molar-refractivity contribution in [1.82, 2.24) is 4.90 Å². The molecule has 132 valence electrons.